The Hall–Kier alpha value is -1.65. The maximum absolute atomic E-state index is 12.0. The van der Waals surface area contributed by atoms with Gasteiger partial charge in [0, 0.05) is 6.07 Å². The summed E-state index contributed by atoms with van der Waals surface area (Å²) in [6.07, 6.45) is 0. The van der Waals surface area contributed by atoms with Crippen LogP contribution in [0.4, 0.5) is 10.1 Å². The number of nitrogens with zero attached hydrogens (tertiary/aromatic N) is 1. The molecule has 0 bridgehead atoms. The van der Waals surface area contributed by atoms with Crippen molar-refractivity contribution in [2.75, 3.05) is 0 Å². The van der Waals surface area contributed by atoms with E-state index >= 15 is 0 Å². The van der Waals surface area contributed by atoms with Crippen LogP contribution in [0.3, 0.4) is 0 Å². The normalized spacial score (nSPS) is 9.75. The molecule has 0 saturated heterocycles. The first kappa shape index (κ1) is 8.45. The van der Waals surface area contributed by atoms with Crippen molar-refractivity contribution in [3.8, 4) is 5.75 Å². The maximum atomic E-state index is 12.0. The Morgan fingerprint density at radius 1 is 1.58 bits per heavy atom. The molecule has 0 aliphatic carbocycles. The van der Waals surface area contributed by atoms with Crippen LogP contribution in [-0.4, -0.2) is 10.0 Å². The number of aromatic hydroxyl groups is 1. The van der Waals surface area contributed by atoms with Crippen LogP contribution in [0.2, 0.25) is 0 Å². The van der Waals surface area contributed by atoms with Gasteiger partial charge in [-0.25, -0.2) is 4.39 Å². The van der Waals surface area contributed by atoms with Crippen molar-refractivity contribution >= 4 is 5.69 Å². The molecule has 12 heavy (non-hydrogen) atoms. The average Bonchev–Trinajstić information content (AvgIpc) is 2.05. The number of hydrogen-bond donors (Lipinski definition) is 1. The van der Waals surface area contributed by atoms with Crippen molar-refractivity contribution in [2.24, 2.45) is 0 Å². The van der Waals surface area contributed by atoms with Gasteiger partial charge in [0.2, 0.25) is 0 Å². The molecule has 4 nitrogen and oxygen atoms in total. The molecule has 1 N–H and O–H groups in total. The van der Waals surface area contributed by atoms with E-state index in [1.807, 2.05) is 0 Å². The number of hydrogen-bond acceptors (Lipinski definition) is 3. The molecule has 1 aromatic carbocycles. The quantitative estimate of drug-likeness (QED) is 0.544. The summed E-state index contributed by atoms with van der Waals surface area (Å²) in [6.45, 7) is -0.777. The Labute approximate surface area is 67.4 Å². The first-order valence-corrected chi connectivity index (χ1v) is 3.17. The van der Waals surface area contributed by atoms with Crippen LogP contribution in [-0.2, 0) is 6.67 Å². The van der Waals surface area contributed by atoms with Crippen LogP contribution in [0.1, 0.15) is 5.56 Å². The molecule has 0 radical (unpaired) electrons. The van der Waals surface area contributed by atoms with Crippen LogP contribution >= 0.6 is 0 Å². The van der Waals surface area contributed by atoms with Gasteiger partial charge in [0.1, 0.15) is 6.67 Å². The summed E-state index contributed by atoms with van der Waals surface area (Å²) in [4.78, 5) is 9.46. The number of rotatable bonds is 2. The van der Waals surface area contributed by atoms with Gasteiger partial charge in [0.15, 0.2) is 5.75 Å². The molecule has 64 valence electrons. The second kappa shape index (κ2) is 3.17. The molecule has 0 aliphatic rings. The first-order valence-electron chi connectivity index (χ1n) is 3.17. The van der Waals surface area contributed by atoms with E-state index in [4.69, 9.17) is 5.11 Å². The fourth-order valence-corrected chi connectivity index (χ4v) is 0.798. The number of phenols is 1. The van der Waals surface area contributed by atoms with Gasteiger partial charge in [-0.1, -0.05) is 6.07 Å². The summed E-state index contributed by atoms with van der Waals surface area (Å²) in [7, 11) is 0. The summed E-state index contributed by atoms with van der Waals surface area (Å²) in [5.74, 6) is -0.447. The molecule has 0 fully saturated rings. The van der Waals surface area contributed by atoms with Crippen LogP contribution in [0.15, 0.2) is 18.2 Å². The zero-order valence-corrected chi connectivity index (χ0v) is 6.03. The van der Waals surface area contributed by atoms with Gasteiger partial charge >= 0.3 is 5.69 Å². The molecular formula is C7H6FNO3. The van der Waals surface area contributed by atoms with Gasteiger partial charge in [-0.2, -0.15) is 0 Å². The Kier molecular flexibility index (Phi) is 2.23. The molecule has 5 heteroatoms. The highest BCUT2D eigenvalue weighted by Gasteiger charge is 2.12. The molecule has 0 aromatic heterocycles. The third-order valence-corrected chi connectivity index (χ3v) is 1.39. The summed E-state index contributed by atoms with van der Waals surface area (Å²) in [5, 5.41) is 19.1. The van der Waals surface area contributed by atoms with Crippen molar-refractivity contribution < 1.29 is 14.4 Å². The highest BCUT2D eigenvalue weighted by Crippen LogP contribution is 2.26. The topological polar surface area (TPSA) is 63.4 Å². The molecule has 0 heterocycles. The van der Waals surface area contributed by atoms with Gasteiger partial charge in [0.05, 0.1) is 4.92 Å². The van der Waals surface area contributed by atoms with E-state index in [9.17, 15) is 14.5 Å². The zero-order valence-electron chi connectivity index (χ0n) is 6.03. The van der Waals surface area contributed by atoms with E-state index in [0.717, 1.165) is 12.1 Å². The standard InChI is InChI=1S/C7H6FNO3/c8-4-5-1-2-7(10)6(3-5)9(11)12/h1-3,10H,4H2. The lowest BCUT2D eigenvalue weighted by atomic mass is 10.2. The Balaban J connectivity index is 3.17. The summed E-state index contributed by atoms with van der Waals surface area (Å²) in [6, 6.07) is 3.41. The van der Waals surface area contributed by atoms with Gasteiger partial charge in [-0.3, -0.25) is 10.1 Å². The predicted molar refractivity (Wildman–Crippen MR) is 39.6 cm³/mol. The SMILES string of the molecule is O=[N+]([O-])c1cc(CF)ccc1O. The Bertz CT molecular complexity index is 314. The maximum Gasteiger partial charge on any atom is 0.311 e. The second-order valence-corrected chi connectivity index (χ2v) is 2.21. The number of benzene rings is 1. The van der Waals surface area contributed by atoms with E-state index in [-0.39, 0.29) is 5.56 Å². The second-order valence-electron chi connectivity index (χ2n) is 2.21. The zero-order chi connectivity index (χ0) is 9.14. The van der Waals surface area contributed by atoms with Gasteiger partial charge in [0.25, 0.3) is 0 Å². The Morgan fingerprint density at radius 3 is 2.75 bits per heavy atom. The number of nitro benzene ring substituents is 1. The van der Waals surface area contributed by atoms with Crippen molar-refractivity contribution in [3.05, 3.63) is 33.9 Å². The summed E-state index contributed by atoms with van der Waals surface area (Å²) in [5.41, 5.74) is -0.287. The van der Waals surface area contributed by atoms with Crippen molar-refractivity contribution in [1.82, 2.24) is 0 Å². The molecule has 0 amide bonds. The molecule has 0 saturated carbocycles. The molecular weight excluding hydrogens is 165 g/mol. The number of phenolic OH excluding ortho intramolecular Hbond substituents is 1. The Morgan fingerprint density at radius 2 is 2.25 bits per heavy atom. The average molecular weight is 171 g/mol. The monoisotopic (exact) mass is 171 g/mol. The van der Waals surface area contributed by atoms with Gasteiger partial charge in [-0.05, 0) is 11.6 Å². The van der Waals surface area contributed by atoms with Crippen molar-refractivity contribution in [1.29, 1.82) is 0 Å². The minimum absolute atomic E-state index is 0.180. The molecule has 0 aliphatic heterocycles. The largest absolute Gasteiger partial charge is 0.502 e. The van der Waals surface area contributed by atoms with Crippen LogP contribution in [0.25, 0.3) is 0 Å². The fraction of sp³-hybridized carbons (Fsp3) is 0.143. The summed E-state index contributed by atoms with van der Waals surface area (Å²) < 4.78 is 12.0. The lowest BCUT2D eigenvalue weighted by Crippen LogP contribution is -1.89. The highest BCUT2D eigenvalue weighted by molar-refractivity contribution is 5.47. The third kappa shape index (κ3) is 1.50. The van der Waals surface area contributed by atoms with Gasteiger partial charge in [-0.15, -0.1) is 0 Å². The molecule has 0 atom stereocenters. The van der Waals surface area contributed by atoms with Crippen molar-refractivity contribution in [3.63, 3.8) is 0 Å². The van der Waals surface area contributed by atoms with E-state index in [2.05, 4.69) is 0 Å². The smallest absolute Gasteiger partial charge is 0.311 e. The number of halogens is 1. The first-order chi connectivity index (χ1) is 5.65. The van der Waals surface area contributed by atoms with E-state index < -0.39 is 23.0 Å². The van der Waals surface area contributed by atoms with Crippen LogP contribution < -0.4 is 0 Å². The van der Waals surface area contributed by atoms with E-state index in [0.29, 0.717) is 0 Å². The number of nitro groups is 1. The lowest BCUT2D eigenvalue weighted by molar-refractivity contribution is -0.385. The number of alkyl halides is 1. The highest BCUT2D eigenvalue weighted by atomic mass is 19.1. The lowest BCUT2D eigenvalue weighted by Gasteiger charge is -1.96. The van der Waals surface area contributed by atoms with Gasteiger partial charge < -0.3 is 5.11 Å². The fourth-order valence-electron chi connectivity index (χ4n) is 0.798. The third-order valence-electron chi connectivity index (χ3n) is 1.39. The van der Waals surface area contributed by atoms with Crippen LogP contribution in [0, 0.1) is 10.1 Å². The molecule has 0 unspecified atom stereocenters. The molecule has 0 spiro atoms. The summed E-state index contributed by atoms with van der Waals surface area (Å²) >= 11 is 0. The van der Waals surface area contributed by atoms with E-state index in [1.165, 1.54) is 6.07 Å². The molecule has 1 rings (SSSR count). The minimum atomic E-state index is -0.777. The van der Waals surface area contributed by atoms with Crippen molar-refractivity contribution in [2.45, 2.75) is 6.67 Å². The minimum Gasteiger partial charge on any atom is -0.502 e. The molecule has 1 aromatic rings. The van der Waals surface area contributed by atoms with Crippen LogP contribution in [0.5, 0.6) is 5.75 Å². The van der Waals surface area contributed by atoms with E-state index in [1.54, 1.807) is 0 Å². The predicted octanol–water partition coefficient (Wildman–Crippen LogP) is 1.77.